The minimum atomic E-state index is -3.77. The van der Waals surface area contributed by atoms with Gasteiger partial charge in [-0.05, 0) is 37.5 Å². The highest BCUT2D eigenvalue weighted by Crippen LogP contribution is 2.27. The van der Waals surface area contributed by atoms with Crippen LogP contribution < -0.4 is 4.72 Å². The zero-order valence-corrected chi connectivity index (χ0v) is 18.5. The van der Waals surface area contributed by atoms with E-state index in [-0.39, 0.29) is 36.6 Å². The molecule has 0 saturated carbocycles. The van der Waals surface area contributed by atoms with E-state index >= 15 is 0 Å². The fraction of sp³-hybridized carbons (Fsp3) is 0.524. The Morgan fingerprint density at radius 3 is 2.43 bits per heavy atom. The molecule has 0 bridgehead atoms. The molecule has 30 heavy (non-hydrogen) atoms. The van der Waals surface area contributed by atoms with Gasteiger partial charge in [0.25, 0.3) is 0 Å². The van der Waals surface area contributed by atoms with Gasteiger partial charge in [0.1, 0.15) is 6.10 Å². The third-order valence-corrected chi connectivity index (χ3v) is 6.05. The fourth-order valence-electron chi connectivity index (χ4n) is 2.92. The molecule has 2 unspecified atom stereocenters. The van der Waals surface area contributed by atoms with Crippen molar-refractivity contribution in [2.75, 3.05) is 13.7 Å². The first-order valence-corrected chi connectivity index (χ1v) is 11.3. The van der Waals surface area contributed by atoms with Gasteiger partial charge in [0.15, 0.2) is 0 Å². The van der Waals surface area contributed by atoms with Gasteiger partial charge >= 0.3 is 11.9 Å². The molecule has 0 amide bonds. The van der Waals surface area contributed by atoms with Crippen LogP contribution in [-0.2, 0) is 33.8 Å². The van der Waals surface area contributed by atoms with E-state index < -0.39 is 33.9 Å². The Morgan fingerprint density at radius 1 is 1.23 bits per heavy atom. The predicted octanol–water partition coefficient (Wildman–Crippen LogP) is 2.47. The molecule has 0 aliphatic carbocycles. The predicted molar refractivity (Wildman–Crippen MR) is 110 cm³/mol. The smallest absolute Gasteiger partial charge is 0.333 e. The van der Waals surface area contributed by atoms with Gasteiger partial charge in [0, 0.05) is 32.6 Å². The van der Waals surface area contributed by atoms with E-state index in [9.17, 15) is 18.0 Å². The first kappa shape index (κ1) is 24.0. The van der Waals surface area contributed by atoms with Crippen LogP contribution in [0.1, 0.15) is 38.7 Å². The van der Waals surface area contributed by atoms with Crippen LogP contribution in [0.5, 0.6) is 0 Å². The maximum atomic E-state index is 12.6. The number of rotatable bonds is 11. The van der Waals surface area contributed by atoms with Crippen LogP contribution in [0.2, 0.25) is 0 Å². The Balaban J connectivity index is 2.07. The summed E-state index contributed by atoms with van der Waals surface area (Å²) in [5.74, 6) is -2.08. The normalized spacial score (nSPS) is 19.7. The van der Waals surface area contributed by atoms with E-state index in [0.717, 1.165) is 5.56 Å². The number of carbonyl (C=O) groups excluding carboxylic acids is 2. The van der Waals surface area contributed by atoms with Crippen LogP contribution >= 0.6 is 0 Å². The van der Waals surface area contributed by atoms with Gasteiger partial charge in [-0.1, -0.05) is 31.5 Å². The lowest BCUT2D eigenvalue weighted by Crippen LogP contribution is -2.38. The van der Waals surface area contributed by atoms with Gasteiger partial charge in [-0.3, -0.25) is 4.79 Å². The van der Waals surface area contributed by atoms with Crippen molar-refractivity contribution in [1.29, 1.82) is 0 Å². The highest BCUT2D eigenvalue weighted by Gasteiger charge is 2.36. The highest BCUT2D eigenvalue weighted by atomic mass is 32.2. The number of sulfonamides is 1. The topological polar surface area (TPSA) is 108 Å². The zero-order valence-electron chi connectivity index (χ0n) is 17.7. The van der Waals surface area contributed by atoms with E-state index in [0.29, 0.717) is 0 Å². The number of esters is 2. The molecular weight excluding hydrogens is 410 g/mol. The zero-order chi connectivity index (χ0) is 22.4. The Kier molecular flexibility index (Phi) is 8.17. The van der Waals surface area contributed by atoms with E-state index in [1.807, 2.05) is 20.8 Å². The summed E-state index contributed by atoms with van der Waals surface area (Å²) < 4.78 is 43.7. The van der Waals surface area contributed by atoms with Gasteiger partial charge in [-0.2, -0.15) is 0 Å². The second kappa shape index (κ2) is 10.2. The van der Waals surface area contributed by atoms with Crippen molar-refractivity contribution in [3.8, 4) is 0 Å². The number of ether oxygens (including phenoxy) is 3. The molecular formula is C21H29NO7S. The summed E-state index contributed by atoms with van der Waals surface area (Å²) in [7, 11) is -2.36. The number of methoxy groups -OCH3 is 1. The number of cyclic esters (lactones) is 1. The van der Waals surface area contributed by atoms with Crippen LogP contribution in [0.25, 0.3) is 0 Å². The minimum absolute atomic E-state index is 0.103. The lowest BCUT2D eigenvalue weighted by molar-refractivity contribution is -0.193. The molecule has 1 aromatic rings. The summed E-state index contributed by atoms with van der Waals surface area (Å²) in [6.45, 7) is 5.53. The summed E-state index contributed by atoms with van der Waals surface area (Å²) in [6.07, 6.45) is 2.66. The summed E-state index contributed by atoms with van der Waals surface area (Å²) in [4.78, 5) is 23.7. The fourth-order valence-corrected chi connectivity index (χ4v) is 3.98. The van der Waals surface area contributed by atoms with Gasteiger partial charge in [0.2, 0.25) is 15.8 Å². The number of aryl methyl sites for hydroxylation is 1. The second-order valence-electron chi connectivity index (χ2n) is 7.68. The van der Waals surface area contributed by atoms with Crippen molar-refractivity contribution in [1.82, 2.24) is 4.72 Å². The quantitative estimate of drug-likeness (QED) is 0.528. The Hall–Kier alpha value is -2.23. The monoisotopic (exact) mass is 439 g/mol. The van der Waals surface area contributed by atoms with Crippen LogP contribution in [0, 0.1) is 12.8 Å². The third-order valence-electron chi connectivity index (χ3n) is 4.61. The molecule has 0 aromatic heterocycles. The van der Waals surface area contributed by atoms with Gasteiger partial charge < -0.3 is 14.2 Å². The van der Waals surface area contributed by atoms with E-state index in [4.69, 9.17) is 14.2 Å². The molecule has 1 heterocycles. The average molecular weight is 440 g/mol. The number of nitrogens with one attached hydrogen (secondary N) is 1. The van der Waals surface area contributed by atoms with Gasteiger partial charge in [-0.25, -0.2) is 17.9 Å². The molecule has 1 aromatic carbocycles. The SMILES string of the molecule is COC1(CCC(CNS(=O)(=O)c2ccc(C)cc2)OC(=O)CC(C)C)C=CC(=O)O1. The summed E-state index contributed by atoms with van der Waals surface area (Å²) >= 11 is 0. The van der Waals surface area contributed by atoms with Crippen molar-refractivity contribution in [2.24, 2.45) is 5.92 Å². The minimum Gasteiger partial charge on any atom is -0.461 e. The largest absolute Gasteiger partial charge is 0.461 e. The first-order valence-electron chi connectivity index (χ1n) is 9.78. The van der Waals surface area contributed by atoms with Crippen LogP contribution in [0.4, 0.5) is 0 Å². The van der Waals surface area contributed by atoms with Crippen molar-refractivity contribution in [3.05, 3.63) is 42.0 Å². The Labute approximate surface area is 177 Å². The Bertz CT molecular complexity index is 877. The summed E-state index contributed by atoms with van der Waals surface area (Å²) in [6, 6.07) is 6.44. The molecule has 0 spiro atoms. The molecule has 9 heteroatoms. The number of hydrogen-bond acceptors (Lipinski definition) is 7. The maximum Gasteiger partial charge on any atom is 0.333 e. The summed E-state index contributed by atoms with van der Waals surface area (Å²) in [5, 5.41) is 0. The number of benzene rings is 1. The molecule has 0 radical (unpaired) electrons. The first-order chi connectivity index (χ1) is 14.0. The molecule has 1 N–H and O–H groups in total. The molecule has 2 atom stereocenters. The standard InChI is InChI=1S/C21H29NO7S/c1-15(2)13-20(24)28-17(9-11-21(27-4)12-10-19(23)29-21)14-22-30(25,26)18-7-5-16(3)6-8-18/h5-8,10,12,15,17,22H,9,11,13-14H2,1-4H3. The van der Waals surface area contributed by atoms with E-state index in [2.05, 4.69) is 4.72 Å². The van der Waals surface area contributed by atoms with Gasteiger partial charge in [0.05, 0.1) is 4.90 Å². The van der Waals surface area contributed by atoms with Crippen LogP contribution in [0.3, 0.4) is 0 Å². The average Bonchev–Trinajstić information content (AvgIpc) is 3.05. The van der Waals surface area contributed by atoms with E-state index in [1.165, 1.54) is 31.4 Å². The molecule has 1 aliphatic heterocycles. The number of hydrogen-bond donors (Lipinski definition) is 1. The van der Waals surface area contributed by atoms with Crippen molar-refractivity contribution in [3.63, 3.8) is 0 Å². The van der Waals surface area contributed by atoms with Crippen molar-refractivity contribution < 1.29 is 32.2 Å². The van der Waals surface area contributed by atoms with Crippen molar-refractivity contribution in [2.45, 2.75) is 56.8 Å². The van der Waals surface area contributed by atoms with Crippen LogP contribution in [-0.4, -0.2) is 45.9 Å². The molecule has 0 fully saturated rings. The molecule has 2 rings (SSSR count). The summed E-state index contributed by atoms with van der Waals surface area (Å²) in [5.41, 5.74) is 0.943. The lowest BCUT2D eigenvalue weighted by atomic mass is 10.1. The maximum absolute atomic E-state index is 12.6. The highest BCUT2D eigenvalue weighted by molar-refractivity contribution is 7.89. The van der Waals surface area contributed by atoms with E-state index in [1.54, 1.807) is 12.1 Å². The van der Waals surface area contributed by atoms with Crippen LogP contribution in [0.15, 0.2) is 41.3 Å². The Morgan fingerprint density at radius 2 is 1.90 bits per heavy atom. The second-order valence-corrected chi connectivity index (χ2v) is 9.45. The lowest BCUT2D eigenvalue weighted by Gasteiger charge is -2.27. The molecule has 1 aliphatic rings. The number of carbonyl (C=O) groups is 2. The van der Waals surface area contributed by atoms with Crippen molar-refractivity contribution >= 4 is 22.0 Å². The molecule has 166 valence electrons. The van der Waals surface area contributed by atoms with Gasteiger partial charge in [-0.15, -0.1) is 0 Å². The molecule has 0 saturated heterocycles. The molecule has 8 nitrogen and oxygen atoms in total. The third kappa shape index (κ3) is 6.93.